The Hall–Kier alpha value is -1.55. The van der Waals surface area contributed by atoms with Gasteiger partial charge in [-0.05, 0) is 44.2 Å². The Balaban J connectivity index is 3.23. The highest BCUT2D eigenvalue weighted by Crippen LogP contribution is 2.26. The smallest absolute Gasteiger partial charge is 0.328 e. The highest BCUT2D eigenvalue weighted by Gasteiger charge is 2.33. The van der Waals surface area contributed by atoms with Crippen LogP contribution in [0.4, 0.5) is 0 Å². The molecule has 16 heavy (non-hydrogen) atoms. The number of rotatable bonds is 4. The molecule has 1 atom stereocenters. The number of carboxylic acids is 1. The zero-order chi connectivity index (χ0) is 12.3. The molecule has 0 aliphatic rings. The standard InChI is InChI=1S/C12H17NO3/c1-8-7-9(5-6-10(8)16-4)12(2,13-3)11(14)15/h5-7,13H,1-4H3,(H,14,15). The Bertz CT molecular complexity index is 403. The fourth-order valence-corrected chi connectivity index (χ4v) is 1.56. The predicted molar refractivity (Wildman–Crippen MR) is 61.8 cm³/mol. The zero-order valence-corrected chi connectivity index (χ0v) is 10.00. The fraction of sp³-hybridized carbons (Fsp3) is 0.417. The van der Waals surface area contributed by atoms with E-state index in [9.17, 15) is 9.90 Å². The maximum Gasteiger partial charge on any atom is 0.328 e. The summed E-state index contributed by atoms with van der Waals surface area (Å²) in [7, 11) is 3.23. The van der Waals surface area contributed by atoms with Gasteiger partial charge in [0.1, 0.15) is 11.3 Å². The van der Waals surface area contributed by atoms with Gasteiger partial charge in [-0.15, -0.1) is 0 Å². The molecule has 1 aromatic carbocycles. The van der Waals surface area contributed by atoms with E-state index in [4.69, 9.17) is 4.74 Å². The van der Waals surface area contributed by atoms with E-state index < -0.39 is 11.5 Å². The van der Waals surface area contributed by atoms with Gasteiger partial charge in [-0.25, -0.2) is 4.79 Å². The molecule has 0 amide bonds. The van der Waals surface area contributed by atoms with Crippen LogP contribution < -0.4 is 10.1 Å². The van der Waals surface area contributed by atoms with E-state index in [-0.39, 0.29) is 0 Å². The minimum absolute atomic E-state index is 0.709. The quantitative estimate of drug-likeness (QED) is 0.812. The van der Waals surface area contributed by atoms with Gasteiger partial charge in [0.05, 0.1) is 7.11 Å². The van der Waals surface area contributed by atoms with Crippen LogP contribution in [0.15, 0.2) is 18.2 Å². The van der Waals surface area contributed by atoms with Crippen molar-refractivity contribution in [2.45, 2.75) is 19.4 Å². The molecule has 0 heterocycles. The lowest BCUT2D eigenvalue weighted by molar-refractivity contribution is -0.144. The third-order valence-corrected chi connectivity index (χ3v) is 2.90. The van der Waals surface area contributed by atoms with Crippen molar-refractivity contribution in [3.8, 4) is 5.75 Å². The second-order valence-electron chi connectivity index (χ2n) is 3.86. The predicted octanol–water partition coefficient (Wildman–Crippen LogP) is 1.52. The molecule has 1 unspecified atom stereocenters. The highest BCUT2D eigenvalue weighted by molar-refractivity contribution is 5.80. The topological polar surface area (TPSA) is 58.6 Å². The number of aryl methyl sites for hydroxylation is 1. The van der Waals surface area contributed by atoms with Crippen molar-refractivity contribution in [1.29, 1.82) is 0 Å². The second kappa shape index (κ2) is 4.53. The van der Waals surface area contributed by atoms with Crippen molar-refractivity contribution in [3.63, 3.8) is 0 Å². The first-order valence-corrected chi connectivity index (χ1v) is 5.03. The average Bonchev–Trinajstić information content (AvgIpc) is 2.27. The number of benzene rings is 1. The average molecular weight is 223 g/mol. The summed E-state index contributed by atoms with van der Waals surface area (Å²) in [5.74, 6) is -0.146. The molecule has 0 aliphatic carbocycles. The second-order valence-corrected chi connectivity index (χ2v) is 3.86. The van der Waals surface area contributed by atoms with E-state index in [2.05, 4.69) is 5.32 Å². The molecular formula is C12H17NO3. The monoisotopic (exact) mass is 223 g/mol. The summed E-state index contributed by atoms with van der Waals surface area (Å²) in [6.45, 7) is 3.52. The summed E-state index contributed by atoms with van der Waals surface area (Å²) in [5, 5.41) is 12.0. The zero-order valence-electron chi connectivity index (χ0n) is 10.00. The first kappa shape index (κ1) is 12.5. The van der Waals surface area contributed by atoms with E-state index in [1.165, 1.54) is 0 Å². The largest absolute Gasteiger partial charge is 0.496 e. The highest BCUT2D eigenvalue weighted by atomic mass is 16.5. The molecule has 0 radical (unpaired) electrons. The molecule has 88 valence electrons. The Labute approximate surface area is 95.2 Å². The number of hydrogen-bond donors (Lipinski definition) is 2. The SMILES string of the molecule is CNC(C)(C(=O)O)c1ccc(OC)c(C)c1. The van der Waals surface area contributed by atoms with Crippen LogP contribution in [0.5, 0.6) is 5.75 Å². The van der Waals surface area contributed by atoms with Gasteiger partial charge in [-0.3, -0.25) is 0 Å². The maximum absolute atomic E-state index is 11.2. The first-order valence-electron chi connectivity index (χ1n) is 5.03. The van der Waals surface area contributed by atoms with Crippen molar-refractivity contribution >= 4 is 5.97 Å². The summed E-state index contributed by atoms with van der Waals surface area (Å²) < 4.78 is 5.14. The number of nitrogens with one attached hydrogen (secondary N) is 1. The lowest BCUT2D eigenvalue weighted by atomic mass is 9.91. The Morgan fingerprint density at radius 2 is 2.12 bits per heavy atom. The molecule has 0 aliphatic heterocycles. The number of carboxylic acid groups (broad SMARTS) is 1. The number of aliphatic carboxylic acids is 1. The van der Waals surface area contributed by atoms with Gasteiger partial charge in [-0.2, -0.15) is 0 Å². The Morgan fingerprint density at radius 3 is 2.50 bits per heavy atom. The van der Waals surface area contributed by atoms with E-state index in [0.717, 1.165) is 11.3 Å². The third kappa shape index (κ3) is 2.02. The van der Waals surface area contributed by atoms with Crippen molar-refractivity contribution in [2.75, 3.05) is 14.2 Å². The van der Waals surface area contributed by atoms with Gasteiger partial charge >= 0.3 is 5.97 Å². The number of carbonyl (C=O) groups is 1. The van der Waals surface area contributed by atoms with Gasteiger partial charge in [0.2, 0.25) is 0 Å². The van der Waals surface area contributed by atoms with E-state index in [0.29, 0.717) is 5.56 Å². The number of likely N-dealkylation sites (N-methyl/N-ethyl adjacent to an activating group) is 1. The molecule has 1 rings (SSSR count). The molecule has 4 heteroatoms. The minimum atomic E-state index is -1.07. The fourth-order valence-electron chi connectivity index (χ4n) is 1.56. The van der Waals surface area contributed by atoms with Gasteiger partial charge in [0.15, 0.2) is 0 Å². The van der Waals surface area contributed by atoms with Crippen molar-refractivity contribution in [2.24, 2.45) is 0 Å². The van der Waals surface area contributed by atoms with Crippen molar-refractivity contribution in [3.05, 3.63) is 29.3 Å². The third-order valence-electron chi connectivity index (χ3n) is 2.90. The van der Waals surface area contributed by atoms with E-state index in [1.807, 2.05) is 13.0 Å². The summed E-state index contributed by atoms with van der Waals surface area (Å²) >= 11 is 0. The molecule has 0 fully saturated rings. The molecule has 0 bridgehead atoms. The van der Waals surface area contributed by atoms with E-state index in [1.54, 1.807) is 33.2 Å². The molecule has 2 N–H and O–H groups in total. The number of hydrogen-bond acceptors (Lipinski definition) is 3. The normalized spacial score (nSPS) is 14.2. The van der Waals surface area contributed by atoms with Crippen LogP contribution in [0.25, 0.3) is 0 Å². The number of methoxy groups -OCH3 is 1. The van der Waals surface area contributed by atoms with Crippen LogP contribution in [0.3, 0.4) is 0 Å². The van der Waals surface area contributed by atoms with Crippen LogP contribution >= 0.6 is 0 Å². The minimum Gasteiger partial charge on any atom is -0.496 e. The molecule has 0 aromatic heterocycles. The van der Waals surface area contributed by atoms with Crippen molar-refractivity contribution < 1.29 is 14.6 Å². The summed E-state index contributed by atoms with van der Waals surface area (Å²) in [6, 6.07) is 5.36. The van der Waals surface area contributed by atoms with Gasteiger partial charge in [0.25, 0.3) is 0 Å². The van der Waals surface area contributed by atoms with Crippen LogP contribution in [0, 0.1) is 6.92 Å². The van der Waals surface area contributed by atoms with Crippen LogP contribution in [0.2, 0.25) is 0 Å². The van der Waals surface area contributed by atoms with Crippen molar-refractivity contribution in [1.82, 2.24) is 5.32 Å². The number of ether oxygens (including phenoxy) is 1. The Kier molecular flexibility index (Phi) is 3.55. The summed E-state index contributed by atoms with van der Waals surface area (Å²) in [6.07, 6.45) is 0. The first-order chi connectivity index (χ1) is 7.45. The summed E-state index contributed by atoms with van der Waals surface area (Å²) in [5.41, 5.74) is 0.556. The van der Waals surface area contributed by atoms with Crippen LogP contribution in [-0.4, -0.2) is 25.2 Å². The molecule has 0 saturated carbocycles. The van der Waals surface area contributed by atoms with Gasteiger partial charge < -0.3 is 15.2 Å². The molecular weight excluding hydrogens is 206 g/mol. The summed E-state index contributed by atoms with van der Waals surface area (Å²) in [4.78, 5) is 11.2. The lowest BCUT2D eigenvalue weighted by Gasteiger charge is -2.25. The van der Waals surface area contributed by atoms with Gasteiger partial charge in [0, 0.05) is 0 Å². The van der Waals surface area contributed by atoms with E-state index >= 15 is 0 Å². The molecule has 4 nitrogen and oxygen atoms in total. The Morgan fingerprint density at radius 1 is 1.50 bits per heavy atom. The molecule has 0 saturated heterocycles. The lowest BCUT2D eigenvalue weighted by Crippen LogP contribution is -2.44. The maximum atomic E-state index is 11.2. The molecule has 1 aromatic rings. The molecule has 0 spiro atoms. The van der Waals surface area contributed by atoms with Crippen LogP contribution in [-0.2, 0) is 10.3 Å². The van der Waals surface area contributed by atoms with Gasteiger partial charge in [-0.1, -0.05) is 6.07 Å². The van der Waals surface area contributed by atoms with Crippen LogP contribution in [0.1, 0.15) is 18.1 Å².